The Labute approximate surface area is 109 Å². The molecular formula is C14H23N3O. The fourth-order valence-corrected chi connectivity index (χ4v) is 2.48. The van der Waals surface area contributed by atoms with Gasteiger partial charge in [-0.05, 0) is 51.0 Å². The fraction of sp³-hybridized carbons (Fsp3) is 0.643. The maximum atomic E-state index is 11.8. The second-order valence-electron chi connectivity index (χ2n) is 5.02. The Balaban J connectivity index is 1.63. The highest BCUT2D eigenvalue weighted by atomic mass is 16.1. The summed E-state index contributed by atoms with van der Waals surface area (Å²) in [6.07, 6.45) is 6.96. The van der Waals surface area contributed by atoms with E-state index in [1.807, 2.05) is 29.9 Å². The molecule has 2 heterocycles. The molecular weight excluding hydrogens is 226 g/mol. The molecule has 18 heavy (non-hydrogen) atoms. The third-order valence-electron chi connectivity index (χ3n) is 3.56. The molecule has 0 radical (unpaired) electrons. The topological polar surface area (TPSA) is 37.3 Å². The zero-order valence-electron chi connectivity index (χ0n) is 11.2. The molecule has 2 rings (SSSR count). The van der Waals surface area contributed by atoms with E-state index < -0.39 is 0 Å². The lowest BCUT2D eigenvalue weighted by Crippen LogP contribution is -2.33. The summed E-state index contributed by atoms with van der Waals surface area (Å²) in [5.41, 5.74) is 0.730. The van der Waals surface area contributed by atoms with E-state index in [4.69, 9.17) is 0 Å². The molecule has 1 aliphatic heterocycles. The number of piperidine rings is 1. The van der Waals surface area contributed by atoms with Gasteiger partial charge in [-0.3, -0.25) is 4.79 Å². The smallest absolute Gasteiger partial charge is 0.267 e. The van der Waals surface area contributed by atoms with E-state index in [9.17, 15) is 4.79 Å². The molecule has 1 N–H and O–H groups in total. The highest BCUT2D eigenvalue weighted by Gasteiger charge is 2.10. The molecule has 0 unspecified atom stereocenters. The summed E-state index contributed by atoms with van der Waals surface area (Å²) in [4.78, 5) is 14.3. The number of nitrogens with zero attached hydrogens (tertiary/aromatic N) is 2. The first-order valence-corrected chi connectivity index (χ1v) is 6.89. The number of likely N-dealkylation sites (tertiary alicyclic amines) is 1. The first-order valence-electron chi connectivity index (χ1n) is 6.89. The Kier molecular flexibility index (Phi) is 4.81. The van der Waals surface area contributed by atoms with Crippen LogP contribution >= 0.6 is 0 Å². The van der Waals surface area contributed by atoms with Crippen LogP contribution in [0, 0.1) is 0 Å². The van der Waals surface area contributed by atoms with Gasteiger partial charge in [0.1, 0.15) is 5.69 Å². The summed E-state index contributed by atoms with van der Waals surface area (Å²) < 4.78 is 1.85. The van der Waals surface area contributed by atoms with Crippen LogP contribution in [-0.2, 0) is 7.05 Å². The molecule has 0 aliphatic carbocycles. The van der Waals surface area contributed by atoms with E-state index in [1.165, 1.54) is 32.4 Å². The molecule has 100 valence electrons. The Bertz CT molecular complexity index is 380. The number of amides is 1. The van der Waals surface area contributed by atoms with Crippen molar-refractivity contribution < 1.29 is 4.79 Å². The van der Waals surface area contributed by atoms with Gasteiger partial charge < -0.3 is 14.8 Å². The van der Waals surface area contributed by atoms with Crippen LogP contribution in [-0.4, -0.2) is 41.6 Å². The number of aryl methyl sites for hydroxylation is 1. The van der Waals surface area contributed by atoms with Crippen LogP contribution in [0.4, 0.5) is 0 Å². The van der Waals surface area contributed by atoms with Gasteiger partial charge in [-0.25, -0.2) is 0 Å². The van der Waals surface area contributed by atoms with Gasteiger partial charge in [0.2, 0.25) is 0 Å². The highest BCUT2D eigenvalue weighted by molar-refractivity contribution is 5.92. The van der Waals surface area contributed by atoms with Crippen molar-refractivity contribution in [2.75, 3.05) is 26.2 Å². The summed E-state index contributed by atoms with van der Waals surface area (Å²) in [5, 5.41) is 2.98. The average Bonchev–Trinajstić information content (AvgIpc) is 2.82. The summed E-state index contributed by atoms with van der Waals surface area (Å²) in [6.45, 7) is 4.32. The van der Waals surface area contributed by atoms with Gasteiger partial charge in [0.15, 0.2) is 0 Å². The Morgan fingerprint density at radius 1 is 1.33 bits per heavy atom. The number of nitrogens with one attached hydrogen (secondary N) is 1. The maximum Gasteiger partial charge on any atom is 0.267 e. The molecule has 0 aromatic carbocycles. The first-order chi connectivity index (χ1) is 8.77. The number of hydrogen-bond acceptors (Lipinski definition) is 2. The number of hydrogen-bond donors (Lipinski definition) is 1. The lowest BCUT2D eigenvalue weighted by Gasteiger charge is -2.26. The van der Waals surface area contributed by atoms with Crippen molar-refractivity contribution in [3.8, 4) is 0 Å². The van der Waals surface area contributed by atoms with Gasteiger partial charge in [0.05, 0.1) is 0 Å². The predicted octanol–water partition coefficient (Wildman–Crippen LogP) is 1.63. The monoisotopic (exact) mass is 249 g/mol. The molecule has 1 saturated heterocycles. The first kappa shape index (κ1) is 13.1. The van der Waals surface area contributed by atoms with Crippen molar-refractivity contribution in [2.24, 2.45) is 7.05 Å². The fourth-order valence-electron chi connectivity index (χ4n) is 2.48. The third kappa shape index (κ3) is 3.60. The minimum absolute atomic E-state index is 0.0288. The maximum absolute atomic E-state index is 11.8. The van der Waals surface area contributed by atoms with E-state index >= 15 is 0 Å². The summed E-state index contributed by atoms with van der Waals surface area (Å²) in [7, 11) is 1.89. The Hall–Kier alpha value is -1.29. The third-order valence-corrected chi connectivity index (χ3v) is 3.56. The van der Waals surface area contributed by atoms with Crippen LogP contribution in [0.15, 0.2) is 18.3 Å². The normalized spacial score (nSPS) is 16.7. The summed E-state index contributed by atoms with van der Waals surface area (Å²) in [5.74, 6) is 0.0288. The van der Waals surface area contributed by atoms with Crippen molar-refractivity contribution in [2.45, 2.75) is 25.7 Å². The number of carbonyl (C=O) groups is 1. The number of carbonyl (C=O) groups excluding carboxylic acids is 1. The summed E-state index contributed by atoms with van der Waals surface area (Å²) >= 11 is 0. The van der Waals surface area contributed by atoms with Crippen LogP contribution in [0.5, 0.6) is 0 Å². The van der Waals surface area contributed by atoms with Crippen LogP contribution < -0.4 is 5.32 Å². The van der Waals surface area contributed by atoms with Crippen LogP contribution in [0.2, 0.25) is 0 Å². The predicted molar refractivity (Wildman–Crippen MR) is 72.7 cm³/mol. The van der Waals surface area contributed by atoms with Crippen molar-refractivity contribution in [3.05, 3.63) is 24.0 Å². The average molecular weight is 249 g/mol. The van der Waals surface area contributed by atoms with Crippen molar-refractivity contribution in [1.29, 1.82) is 0 Å². The molecule has 4 nitrogen and oxygen atoms in total. The standard InChI is InChI=1S/C14H23N3O/c1-16-9-5-7-13(16)14(18)15-8-6-12-17-10-3-2-4-11-17/h5,7,9H,2-4,6,8,10-12H2,1H3,(H,15,18). The molecule has 1 aliphatic rings. The SMILES string of the molecule is Cn1cccc1C(=O)NCCCN1CCCCC1. The van der Waals surface area contributed by atoms with E-state index in [1.54, 1.807) is 0 Å². The van der Waals surface area contributed by atoms with Crippen LogP contribution in [0.1, 0.15) is 36.2 Å². The minimum Gasteiger partial charge on any atom is -0.351 e. The number of aromatic nitrogens is 1. The second-order valence-corrected chi connectivity index (χ2v) is 5.02. The van der Waals surface area contributed by atoms with Crippen molar-refractivity contribution >= 4 is 5.91 Å². The van der Waals surface area contributed by atoms with Gasteiger partial charge in [-0.1, -0.05) is 6.42 Å². The largest absolute Gasteiger partial charge is 0.351 e. The molecule has 1 amide bonds. The van der Waals surface area contributed by atoms with Gasteiger partial charge >= 0.3 is 0 Å². The quantitative estimate of drug-likeness (QED) is 0.805. The van der Waals surface area contributed by atoms with E-state index in [0.29, 0.717) is 0 Å². The zero-order chi connectivity index (χ0) is 12.8. The molecule has 0 saturated carbocycles. The Morgan fingerprint density at radius 3 is 2.78 bits per heavy atom. The van der Waals surface area contributed by atoms with Gasteiger partial charge in [-0.15, -0.1) is 0 Å². The molecule has 1 fully saturated rings. The lowest BCUT2D eigenvalue weighted by atomic mass is 10.1. The van der Waals surface area contributed by atoms with Gasteiger partial charge in [-0.2, -0.15) is 0 Å². The van der Waals surface area contributed by atoms with Crippen molar-refractivity contribution in [3.63, 3.8) is 0 Å². The molecule has 0 spiro atoms. The lowest BCUT2D eigenvalue weighted by molar-refractivity contribution is 0.0943. The molecule has 4 heteroatoms. The van der Waals surface area contributed by atoms with Crippen LogP contribution in [0.25, 0.3) is 0 Å². The molecule has 1 aromatic rings. The van der Waals surface area contributed by atoms with Gasteiger partial charge in [0, 0.05) is 19.8 Å². The van der Waals surface area contributed by atoms with Crippen LogP contribution in [0.3, 0.4) is 0 Å². The van der Waals surface area contributed by atoms with Crippen molar-refractivity contribution in [1.82, 2.24) is 14.8 Å². The number of rotatable bonds is 5. The molecule has 0 bridgehead atoms. The minimum atomic E-state index is 0.0288. The van der Waals surface area contributed by atoms with Gasteiger partial charge in [0.25, 0.3) is 5.91 Å². The highest BCUT2D eigenvalue weighted by Crippen LogP contribution is 2.08. The zero-order valence-corrected chi connectivity index (χ0v) is 11.2. The molecule has 0 atom stereocenters. The van der Waals surface area contributed by atoms with E-state index in [2.05, 4.69) is 10.2 Å². The summed E-state index contributed by atoms with van der Waals surface area (Å²) in [6, 6.07) is 3.74. The van der Waals surface area contributed by atoms with E-state index in [0.717, 1.165) is 25.2 Å². The second kappa shape index (κ2) is 6.59. The van der Waals surface area contributed by atoms with E-state index in [-0.39, 0.29) is 5.91 Å². The Morgan fingerprint density at radius 2 is 2.11 bits per heavy atom. The molecule has 1 aromatic heterocycles.